The Labute approximate surface area is 158 Å². The molecule has 0 fully saturated rings. The molecule has 0 amide bonds. The third-order valence-electron chi connectivity index (χ3n) is 4.94. The third-order valence-corrected chi connectivity index (χ3v) is 6.45. The number of rotatable bonds is 5. The maximum atomic E-state index is 13.3. The predicted octanol–water partition coefficient (Wildman–Crippen LogP) is 4.29. The molecule has 4 nitrogen and oxygen atoms in total. The van der Waals surface area contributed by atoms with Gasteiger partial charge in [-0.15, -0.1) is 0 Å². The van der Waals surface area contributed by atoms with Crippen LogP contribution in [0.2, 0.25) is 0 Å². The van der Waals surface area contributed by atoms with Gasteiger partial charge in [-0.1, -0.05) is 31.5 Å². The van der Waals surface area contributed by atoms with Crippen LogP contribution in [0.25, 0.3) is 0 Å². The van der Waals surface area contributed by atoms with Gasteiger partial charge in [0.2, 0.25) is 0 Å². The first-order chi connectivity index (χ1) is 12.5. The van der Waals surface area contributed by atoms with E-state index in [2.05, 4.69) is 30.3 Å². The minimum Gasteiger partial charge on any atom is -0.493 e. The number of fused-ring (bicyclic) bond motifs is 1. The largest absolute Gasteiger partial charge is 0.493 e. The molecule has 26 heavy (non-hydrogen) atoms. The van der Waals surface area contributed by atoms with Crippen molar-refractivity contribution in [3.8, 4) is 11.5 Å². The summed E-state index contributed by atoms with van der Waals surface area (Å²) >= 11 is 0. The van der Waals surface area contributed by atoms with Crippen LogP contribution in [-0.2, 0) is 17.4 Å². The first-order valence-electron chi connectivity index (χ1n) is 8.96. The molecule has 1 aliphatic rings. The second kappa shape index (κ2) is 7.80. The third kappa shape index (κ3) is 3.51. The number of aryl methyl sites for hydroxylation is 1. The molecule has 140 valence electrons. The van der Waals surface area contributed by atoms with Crippen molar-refractivity contribution in [2.45, 2.75) is 38.1 Å². The maximum Gasteiger partial charge on any atom is 0.161 e. The Balaban J connectivity index is 2.02. The molecule has 0 N–H and O–H groups in total. The minimum atomic E-state index is -1.19. The lowest BCUT2D eigenvalue weighted by Crippen LogP contribution is -2.39. The van der Waals surface area contributed by atoms with E-state index in [1.165, 1.54) is 16.7 Å². The fraction of sp³-hybridized carbons (Fsp3) is 0.429. The normalized spacial score (nSPS) is 18.5. The molecule has 2 unspecified atom stereocenters. The van der Waals surface area contributed by atoms with Crippen molar-refractivity contribution >= 4 is 11.0 Å². The van der Waals surface area contributed by atoms with E-state index in [4.69, 9.17) is 9.47 Å². The summed E-state index contributed by atoms with van der Waals surface area (Å²) in [6.45, 7) is 7.15. The average Bonchev–Trinajstić information content (AvgIpc) is 2.65. The lowest BCUT2D eigenvalue weighted by Gasteiger charge is -2.38. The number of ether oxygens (including phenoxy) is 2. The van der Waals surface area contributed by atoms with E-state index in [0.717, 1.165) is 29.4 Å². The van der Waals surface area contributed by atoms with Crippen LogP contribution in [0.3, 0.4) is 0 Å². The predicted molar refractivity (Wildman–Crippen MR) is 105 cm³/mol. The summed E-state index contributed by atoms with van der Waals surface area (Å²) in [7, 11) is 2.12. The van der Waals surface area contributed by atoms with E-state index in [1.54, 1.807) is 14.2 Å². The van der Waals surface area contributed by atoms with Crippen molar-refractivity contribution in [1.82, 2.24) is 4.31 Å². The highest BCUT2D eigenvalue weighted by atomic mass is 32.2. The second-order valence-corrected chi connectivity index (χ2v) is 8.49. The zero-order valence-corrected chi connectivity index (χ0v) is 16.9. The van der Waals surface area contributed by atoms with E-state index >= 15 is 0 Å². The number of nitrogens with zero attached hydrogens (tertiary/aromatic N) is 1. The zero-order valence-electron chi connectivity index (χ0n) is 16.1. The summed E-state index contributed by atoms with van der Waals surface area (Å²) in [6, 6.07) is 12.2. The molecule has 0 aromatic heterocycles. The molecule has 0 spiro atoms. The van der Waals surface area contributed by atoms with Gasteiger partial charge in [0, 0.05) is 6.54 Å². The van der Waals surface area contributed by atoms with Crippen LogP contribution in [-0.4, -0.2) is 29.3 Å². The molecule has 0 bridgehead atoms. The van der Waals surface area contributed by atoms with Crippen LogP contribution >= 0.6 is 0 Å². The van der Waals surface area contributed by atoms with Gasteiger partial charge in [0.15, 0.2) is 11.5 Å². The SMILES string of the molecule is COc1cc2c(cc1OC)C(C(C)C)N(S(=O)c1ccc(C)cc1)CC2. The fourth-order valence-corrected chi connectivity index (χ4v) is 5.08. The quantitative estimate of drug-likeness (QED) is 0.785. The first-order valence-corrected chi connectivity index (χ1v) is 10.1. The Kier molecular flexibility index (Phi) is 5.68. The lowest BCUT2D eigenvalue weighted by molar-refractivity contribution is 0.257. The molecule has 2 aromatic carbocycles. The van der Waals surface area contributed by atoms with Gasteiger partial charge < -0.3 is 9.47 Å². The van der Waals surface area contributed by atoms with Crippen LogP contribution in [0, 0.1) is 12.8 Å². The van der Waals surface area contributed by atoms with Crippen LogP contribution in [0.15, 0.2) is 41.3 Å². The van der Waals surface area contributed by atoms with E-state index in [9.17, 15) is 4.21 Å². The molecule has 5 heteroatoms. The highest BCUT2D eigenvalue weighted by molar-refractivity contribution is 7.82. The van der Waals surface area contributed by atoms with Gasteiger partial charge >= 0.3 is 0 Å². The zero-order chi connectivity index (χ0) is 18.8. The fourth-order valence-electron chi connectivity index (χ4n) is 3.62. The van der Waals surface area contributed by atoms with Gasteiger partial charge in [-0.2, -0.15) is 0 Å². The van der Waals surface area contributed by atoms with Crippen molar-refractivity contribution in [1.29, 1.82) is 0 Å². The molecule has 3 rings (SSSR count). The summed E-state index contributed by atoms with van der Waals surface area (Å²) in [5, 5.41) is 0. The molecule has 0 saturated carbocycles. The molecule has 2 atom stereocenters. The topological polar surface area (TPSA) is 38.8 Å². The highest BCUT2D eigenvalue weighted by Crippen LogP contribution is 2.42. The van der Waals surface area contributed by atoms with Gasteiger partial charge in [-0.25, -0.2) is 8.51 Å². The van der Waals surface area contributed by atoms with E-state index in [0.29, 0.717) is 5.92 Å². The summed E-state index contributed by atoms with van der Waals surface area (Å²) in [5.41, 5.74) is 3.61. The monoisotopic (exact) mass is 373 g/mol. The van der Waals surface area contributed by atoms with Crippen LogP contribution < -0.4 is 9.47 Å². The Bertz CT molecular complexity index is 802. The van der Waals surface area contributed by atoms with E-state index in [1.807, 2.05) is 31.2 Å². The second-order valence-electron chi connectivity index (χ2n) is 7.05. The number of benzene rings is 2. The Hall–Kier alpha value is -1.85. The molecular weight excluding hydrogens is 346 g/mol. The Morgan fingerprint density at radius 2 is 1.69 bits per heavy atom. The van der Waals surface area contributed by atoms with Crippen molar-refractivity contribution in [2.24, 2.45) is 5.92 Å². The Morgan fingerprint density at radius 1 is 1.08 bits per heavy atom. The molecule has 0 aliphatic carbocycles. The lowest BCUT2D eigenvalue weighted by atomic mass is 9.87. The molecular formula is C21H27NO3S. The minimum absolute atomic E-state index is 0.0701. The summed E-state index contributed by atoms with van der Waals surface area (Å²) in [5.74, 6) is 1.79. The van der Waals surface area contributed by atoms with Gasteiger partial charge in [0.05, 0.1) is 25.2 Å². The number of methoxy groups -OCH3 is 2. The summed E-state index contributed by atoms with van der Waals surface area (Å²) in [6.07, 6.45) is 0.844. The molecule has 0 radical (unpaired) electrons. The maximum absolute atomic E-state index is 13.3. The van der Waals surface area contributed by atoms with Crippen molar-refractivity contribution in [2.75, 3.05) is 20.8 Å². The van der Waals surface area contributed by atoms with E-state index < -0.39 is 11.0 Å². The number of hydrogen-bond acceptors (Lipinski definition) is 3. The van der Waals surface area contributed by atoms with Crippen LogP contribution in [0.1, 0.15) is 36.6 Å². The molecule has 1 aliphatic heterocycles. The molecule has 2 aromatic rings. The summed E-state index contributed by atoms with van der Waals surface area (Å²) in [4.78, 5) is 0.852. The average molecular weight is 374 g/mol. The smallest absolute Gasteiger partial charge is 0.161 e. The van der Waals surface area contributed by atoms with Gasteiger partial charge in [0.1, 0.15) is 11.0 Å². The van der Waals surface area contributed by atoms with Gasteiger partial charge in [0.25, 0.3) is 0 Å². The summed E-state index contributed by atoms with van der Waals surface area (Å²) < 4.78 is 26.4. The Morgan fingerprint density at radius 3 is 2.27 bits per heavy atom. The van der Waals surface area contributed by atoms with Crippen LogP contribution in [0.5, 0.6) is 11.5 Å². The standard InChI is InChI=1S/C21H27NO3S/c1-14(2)21-18-13-20(25-5)19(24-4)12-16(18)10-11-22(21)26(23)17-8-6-15(3)7-9-17/h6-9,12-14,21H,10-11H2,1-5H3. The van der Waals surface area contributed by atoms with Crippen molar-refractivity contribution in [3.63, 3.8) is 0 Å². The molecule has 1 heterocycles. The van der Waals surface area contributed by atoms with Crippen LogP contribution in [0.4, 0.5) is 0 Å². The van der Waals surface area contributed by atoms with Gasteiger partial charge in [-0.3, -0.25) is 0 Å². The van der Waals surface area contributed by atoms with Crippen molar-refractivity contribution in [3.05, 3.63) is 53.1 Å². The highest BCUT2D eigenvalue weighted by Gasteiger charge is 2.34. The van der Waals surface area contributed by atoms with Gasteiger partial charge in [-0.05, 0) is 54.7 Å². The molecule has 0 saturated heterocycles. The van der Waals surface area contributed by atoms with E-state index in [-0.39, 0.29) is 6.04 Å². The van der Waals surface area contributed by atoms with Crippen molar-refractivity contribution < 1.29 is 13.7 Å². The number of hydrogen-bond donors (Lipinski definition) is 0. The first kappa shape index (κ1) is 18.9.